The van der Waals surface area contributed by atoms with Gasteiger partial charge in [-0.25, -0.2) is 0 Å². The van der Waals surface area contributed by atoms with Crippen LogP contribution in [0.5, 0.6) is 0 Å². The van der Waals surface area contributed by atoms with Crippen LogP contribution in [0.25, 0.3) is 6.08 Å². The number of hydrogen-bond donors (Lipinski definition) is 1. The summed E-state index contributed by atoms with van der Waals surface area (Å²) >= 11 is 0. The van der Waals surface area contributed by atoms with E-state index in [1.165, 1.54) is 6.08 Å². The number of aliphatic hydroxyl groups is 1. The molecule has 0 bridgehead atoms. The van der Waals surface area contributed by atoms with Crippen molar-refractivity contribution in [2.24, 2.45) is 5.92 Å². The van der Waals surface area contributed by atoms with Gasteiger partial charge in [0.15, 0.2) is 0 Å². The van der Waals surface area contributed by atoms with E-state index in [2.05, 4.69) is 6.07 Å². The second kappa shape index (κ2) is 5.48. The Bertz CT molecular complexity index is 511. The first-order valence-corrected chi connectivity index (χ1v) is 5.81. The smallest absolute Gasteiger partial charge is 0.246 e. The third-order valence-corrected chi connectivity index (χ3v) is 2.96. The van der Waals surface area contributed by atoms with Crippen LogP contribution in [0.15, 0.2) is 30.3 Å². The molecule has 1 amide bonds. The molecule has 0 saturated carbocycles. The lowest BCUT2D eigenvalue weighted by molar-refractivity contribution is -0.132. The summed E-state index contributed by atoms with van der Waals surface area (Å²) in [5.41, 5.74) is 1.41. The minimum absolute atomic E-state index is 0.0536. The fourth-order valence-electron chi connectivity index (χ4n) is 1.85. The molecule has 1 N–H and O–H groups in total. The van der Waals surface area contributed by atoms with Crippen molar-refractivity contribution in [3.05, 3.63) is 41.5 Å². The van der Waals surface area contributed by atoms with Gasteiger partial charge in [0.1, 0.15) is 0 Å². The Hall–Kier alpha value is -2.12. The first kappa shape index (κ1) is 12.3. The summed E-state index contributed by atoms with van der Waals surface area (Å²) in [4.78, 5) is 13.4. The number of nitriles is 1. The third kappa shape index (κ3) is 2.76. The molecule has 0 radical (unpaired) electrons. The molecule has 4 heteroatoms. The summed E-state index contributed by atoms with van der Waals surface area (Å²) < 4.78 is 0. The molecule has 0 unspecified atom stereocenters. The van der Waals surface area contributed by atoms with E-state index in [-0.39, 0.29) is 18.4 Å². The number of carbonyl (C=O) groups is 1. The van der Waals surface area contributed by atoms with Crippen LogP contribution in [0.1, 0.15) is 11.1 Å². The Labute approximate surface area is 106 Å². The molecule has 18 heavy (non-hydrogen) atoms. The minimum atomic E-state index is -0.0536. The van der Waals surface area contributed by atoms with Gasteiger partial charge in [-0.2, -0.15) is 5.26 Å². The lowest BCUT2D eigenvalue weighted by Gasteiger charge is -2.37. The van der Waals surface area contributed by atoms with Gasteiger partial charge in [-0.3, -0.25) is 4.79 Å². The summed E-state index contributed by atoms with van der Waals surface area (Å²) in [7, 11) is 0. The molecule has 0 aliphatic carbocycles. The largest absolute Gasteiger partial charge is 0.396 e. The lowest BCUT2D eigenvalue weighted by atomic mass is 10.0. The van der Waals surface area contributed by atoms with E-state index in [1.54, 1.807) is 29.2 Å². The van der Waals surface area contributed by atoms with Gasteiger partial charge >= 0.3 is 0 Å². The van der Waals surface area contributed by atoms with Gasteiger partial charge in [0, 0.05) is 31.7 Å². The van der Waals surface area contributed by atoms with Crippen molar-refractivity contribution in [1.29, 1.82) is 5.26 Å². The molecule has 0 atom stereocenters. The molecular formula is C14H14N2O2. The average molecular weight is 242 g/mol. The number of nitrogens with zero attached hydrogens (tertiary/aromatic N) is 2. The fourth-order valence-corrected chi connectivity index (χ4v) is 1.85. The van der Waals surface area contributed by atoms with Gasteiger partial charge in [-0.15, -0.1) is 0 Å². The van der Waals surface area contributed by atoms with Crippen LogP contribution >= 0.6 is 0 Å². The minimum Gasteiger partial charge on any atom is -0.396 e. The van der Waals surface area contributed by atoms with Gasteiger partial charge < -0.3 is 10.0 Å². The molecule has 1 aliphatic heterocycles. The molecule has 0 spiro atoms. The first-order chi connectivity index (χ1) is 8.72. The lowest BCUT2D eigenvalue weighted by Crippen LogP contribution is -2.50. The normalized spacial score (nSPS) is 15.4. The number of likely N-dealkylation sites (tertiary alicyclic amines) is 1. The maximum absolute atomic E-state index is 11.7. The molecule has 1 aliphatic rings. The highest BCUT2D eigenvalue weighted by Gasteiger charge is 2.28. The maximum atomic E-state index is 11.7. The van der Waals surface area contributed by atoms with Gasteiger partial charge in [0.05, 0.1) is 11.6 Å². The van der Waals surface area contributed by atoms with Gasteiger partial charge in [-0.1, -0.05) is 12.1 Å². The molecule has 1 aromatic carbocycles. The summed E-state index contributed by atoms with van der Waals surface area (Å²) in [6.07, 6.45) is 3.21. The van der Waals surface area contributed by atoms with Crippen LogP contribution in [0, 0.1) is 17.2 Å². The zero-order valence-electron chi connectivity index (χ0n) is 9.91. The first-order valence-electron chi connectivity index (χ1n) is 5.81. The van der Waals surface area contributed by atoms with Crippen molar-refractivity contribution in [2.75, 3.05) is 19.7 Å². The zero-order chi connectivity index (χ0) is 13.0. The summed E-state index contributed by atoms with van der Waals surface area (Å²) in [6, 6.07) is 9.14. The topological polar surface area (TPSA) is 64.3 Å². The predicted octanol–water partition coefficient (Wildman–Crippen LogP) is 1.02. The molecule has 1 saturated heterocycles. The molecule has 1 aromatic rings. The number of amides is 1. The summed E-state index contributed by atoms with van der Waals surface area (Å²) in [6.45, 7) is 1.38. The number of hydrogen-bond acceptors (Lipinski definition) is 3. The number of carbonyl (C=O) groups excluding carboxylic acids is 1. The average Bonchev–Trinajstić information content (AvgIpc) is 2.35. The van der Waals surface area contributed by atoms with E-state index in [1.807, 2.05) is 6.07 Å². The van der Waals surface area contributed by atoms with Crippen LogP contribution in [0.4, 0.5) is 0 Å². The molecule has 92 valence electrons. The summed E-state index contributed by atoms with van der Waals surface area (Å²) in [5.74, 6) is 0.173. The molecule has 0 aromatic heterocycles. The highest BCUT2D eigenvalue weighted by Crippen LogP contribution is 2.15. The Kier molecular flexibility index (Phi) is 3.75. The van der Waals surface area contributed by atoms with E-state index in [0.717, 1.165) is 5.56 Å². The van der Waals surface area contributed by atoms with Gasteiger partial charge in [0.2, 0.25) is 5.91 Å². The van der Waals surface area contributed by atoms with Crippen LogP contribution in [-0.4, -0.2) is 35.6 Å². The Morgan fingerprint density at radius 1 is 1.56 bits per heavy atom. The van der Waals surface area contributed by atoms with E-state index >= 15 is 0 Å². The number of aliphatic hydroxyl groups excluding tert-OH is 1. The highest BCUT2D eigenvalue weighted by molar-refractivity contribution is 5.92. The molecule has 1 fully saturated rings. The SMILES string of the molecule is N#Cc1cccc(C=CC(=O)N2CC(CO)C2)c1. The van der Waals surface area contributed by atoms with E-state index < -0.39 is 0 Å². The Balaban J connectivity index is 1.95. The fraction of sp³-hybridized carbons (Fsp3) is 0.286. The second-order valence-electron chi connectivity index (χ2n) is 4.36. The second-order valence-corrected chi connectivity index (χ2v) is 4.36. The number of benzene rings is 1. The van der Waals surface area contributed by atoms with Crippen molar-refractivity contribution < 1.29 is 9.90 Å². The zero-order valence-corrected chi connectivity index (χ0v) is 9.91. The van der Waals surface area contributed by atoms with Gasteiger partial charge in [0.25, 0.3) is 0 Å². The molecule has 1 heterocycles. The quantitative estimate of drug-likeness (QED) is 0.805. The standard InChI is InChI=1S/C14H14N2O2/c15-7-12-3-1-2-11(6-12)4-5-14(18)16-8-13(9-16)10-17/h1-6,13,17H,8-10H2. The maximum Gasteiger partial charge on any atom is 0.246 e. The van der Waals surface area contributed by atoms with Crippen LogP contribution in [0.3, 0.4) is 0 Å². The van der Waals surface area contributed by atoms with Gasteiger partial charge in [-0.05, 0) is 23.8 Å². The van der Waals surface area contributed by atoms with Crippen molar-refractivity contribution in [2.45, 2.75) is 0 Å². The third-order valence-electron chi connectivity index (χ3n) is 2.96. The molecular weight excluding hydrogens is 228 g/mol. The van der Waals surface area contributed by atoms with Crippen molar-refractivity contribution in [1.82, 2.24) is 4.90 Å². The van der Waals surface area contributed by atoms with Crippen molar-refractivity contribution in [3.63, 3.8) is 0 Å². The molecule has 4 nitrogen and oxygen atoms in total. The van der Waals surface area contributed by atoms with Crippen LogP contribution in [0.2, 0.25) is 0 Å². The van der Waals surface area contributed by atoms with E-state index in [4.69, 9.17) is 10.4 Å². The van der Waals surface area contributed by atoms with Crippen molar-refractivity contribution in [3.8, 4) is 6.07 Å². The van der Waals surface area contributed by atoms with Crippen molar-refractivity contribution >= 4 is 12.0 Å². The van der Waals surface area contributed by atoms with E-state index in [9.17, 15) is 4.79 Å². The number of rotatable bonds is 3. The van der Waals surface area contributed by atoms with Crippen LogP contribution < -0.4 is 0 Å². The molecule has 2 rings (SSSR count). The highest BCUT2D eigenvalue weighted by atomic mass is 16.3. The Morgan fingerprint density at radius 3 is 3.00 bits per heavy atom. The van der Waals surface area contributed by atoms with E-state index in [0.29, 0.717) is 18.7 Å². The predicted molar refractivity (Wildman–Crippen MR) is 67.3 cm³/mol. The van der Waals surface area contributed by atoms with Crippen LogP contribution in [-0.2, 0) is 4.79 Å². The Morgan fingerprint density at radius 2 is 2.33 bits per heavy atom. The summed E-state index contributed by atoms with van der Waals surface area (Å²) in [5, 5.41) is 17.6. The monoisotopic (exact) mass is 242 g/mol.